The van der Waals surface area contributed by atoms with Gasteiger partial charge in [-0.1, -0.05) is 12.8 Å². The van der Waals surface area contributed by atoms with E-state index in [0.29, 0.717) is 18.7 Å². The fourth-order valence-electron chi connectivity index (χ4n) is 2.56. The van der Waals surface area contributed by atoms with Crippen LogP contribution in [0.4, 0.5) is 5.95 Å². The van der Waals surface area contributed by atoms with Crippen LogP contribution in [0.15, 0.2) is 12.4 Å². The Morgan fingerprint density at radius 2 is 1.65 bits per heavy atom. The van der Waals surface area contributed by atoms with Crippen LogP contribution in [0.25, 0.3) is 0 Å². The standard InChI is InChI=1S/C15H24N4O/c1-3-18(4-2)14(20)13-11-16-15(17-12-13)19-9-7-5-6-8-10-19/h11-12H,3-10H2,1-2H3. The predicted molar refractivity (Wildman–Crippen MR) is 80.0 cm³/mol. The summed E-state index contributed by atoms with van der Waals surface area (Å²) < 4.78 is 0. The van der Waals surface area contributed by atoms with Crippen molar-refractivity contribution >= 4 is 11.9 Å². The molecule has 0 spiro atoms. The Bertz CT molecular complexity index is 420. The number of nitrogens with zero attached hydrogens (tertiary/aromatic N) is 4. The van der Waals surface area contributed by atoms with Crippen LogP contribution in [-0.4, -0.2) is 47.0 Å². The Balaban J connectivity index is 2.07. The van der Waals surface area contributed by atoms with E-state index in [0.717, 1.165) is 19.0 Å². The second kappa shape index (κ2) is 7.22. The van der Waals surface area contributed by atoms with E-state index in [-0.39, 0.29) is 5.91 Å². The predicted octanol–water partition coefficient (Wildman–Crippen LogP) is 2.34. The van der Waals surface area contributed by atoms with Crippen LogP contribution in [0.5, 0.6) is 0 Å². The van der Waals surface area contributed by atoms with Gasteiger partial charge in [0.1, 0.15) is 0 Å². The molecule has 1 saturated heterocycles. The molecule has 0 aromatic carbocycles. The Hall–Kier alpha value is -1.65. The van der Waals surface area contributed by atoms with Crippen molar-refractivity contribution in [1.29, 1.82) is 0 Å². The summed E-state index contributed by atoms with van der Waals surface area (Å²) in [6.45, 7) is 7.42. The molecule has 2 rings (SSSR count). The van der Waals surface area contributed by atoms with Crippen molar-refractivity contribution in [3.05, 3.63) is 18.0 Å². The lowest BCUT2D eigenvalue weighted by molar-refractivity contribution is 0.0772. The first kappa shape index (κ1) is 14.8. The van der Waals surface area contributed by atoms with Gasteiger partial charge in [0.25, 0.3) is 5.91 Å². The van der Waals surface area contributed by atoms with Crippen LogP contribution in [0, 0.1) is 0 Å². The number of hydrogen-bond donors (Lipinski definition) is 0. The lowest BCUT2D eigenvalue weighted by Gasteiger charge is -2.21. The number of aromatic nitrogens is 2. The summed E-state index contributed by atoms with van der Waals surface area (Å²) >= 11 is 0. The first-order valence-electron chi connectivity index (χ1n) is 7.62. The highest BCUT2D eigenvalue weighted by Crippen LogP contribution is 2.15. The van der Waals surface area contributed by atoms with Crippen molar-refractivity contribution in [1.82, 2.24) is 14.9 Å². The van der Waals surface area contributed by atoms with E-state index in [1.165, 1.54) is 25.7 Å². The normalized spacial score (nSPS) is 15.8. The molecule has 5 heteroatoms. The lowest BCUT2D eigenvalue weighted by atomic mass is 10.2. The molecule has 20 heavy (non-hydrogen) atoms. The first-order chi connectivity index (χ1) is 9.76. The van der Waals surface area contributed by atoms with E-state index < -0.39 is 0 Å². The molecule has 0 atom stereocenters. The molecular formula is C15H24N4O. The van der Waals surface area contributed by atoms with Crippen molar-refractivity contribution in [3.8, 4) is 0 Å². The van der Waals surface area contributed by atoms with E-state index in [1.54, 1.807) is 17.3 Å². The molecule has 1 aliphatic heterocycles. The first-order valence-corrected chi connectivity index (χ1v) is 7.62. The maximum absolute atomic E-state index is 12.2. The van der Waals surface area contributed by atoms with Gasteiger partial charge in [-0.3, -0.25) is 4.79 Å². The summed E-state index contributed by atoms with van der Waals surface area (Å²) in [6, 6.07) is 0. The minimum atomic E-state index is 0.0115. The number of carbonyl (C=O) groups excluding carboxylic acids is 1. The van der Waals surface area contributed by atoms with Crippen molar-refractivity contribution < 1.29 is 4.79 Å². The van der Waals surface area contributed by atoms with Crippen LogP contribution in [0.1, 0.15) is 49.9 Å². The summed E-state index contributed by atoms with van der Waals surface area (Å²) in [6.07, 6.45) is 8.29. The molecule has 5 nitrogen and oxygen atoms in total. The van der Waals surface area contributed by atoms with Crippen LogP contribution < -0.4 is 4.90 Å². The number of anilines is 1. The Morgan fingerprint density at radius 1 is 1.10 bits per heavy atom. The van der Waals surface area contributed by atoms with Crippen molar-refractivity contribution in [2.24, 2.45) is 0 Å². The van der Waals surface area contributed by atoms with Crippen molar-refractivity contribution in [2.45, 2.75) is 39.5 Å². The van der Waals surface area contributed by atoms with Gasteiger partial charge >= 0.3 is 0 Å². The summed E-state index contributed by atoms with van der Waals surface area (Å²) in [5.41, 5.74) is 0.576. The van der Waals surface area contributed by atoms with Crippen molar-refractivity contribution in [3.63, 3.8) is 0 Å². The molecule has 0 unspecified atom stereocenters. The topological polar surface area (TPSA) is 49.3 Å². The highest BCUT2D eigenvalue weighted by Gasteiger charge is 2.16. The lowest BCUT2D eigenvalue weighted by Crippen LogP contribution is -2.31. The molecule has 0 saturated carbocycles. The Morgan fingerprint density at radius 3 is 2.15 bits per heavy atom. The molecule has 1 amide bonds. The maximum atomic E-state index is 12.2. The molecule has 1 fully saturated rings. The summed E-state index contributed by atoms with van der Waals surface area (Å²) in [5, 5.41) is 0. The van der Waals surface area contributed by atoms with Gasteiger partial charge in [0, 0.05) is 38.6 Å². The highest BCUT2D eigenvalue weighted by atomic mass is 16.2. The molecule has 1 aromatic rings. The molecule has 1 aromatic heterocycles. The van der Waals surface area contributed by atoms with Gasteiger partial charge in [-0.15, -0.1) is 0 Å². The van der Waals surface area contributed by atoms with E-state index in [2.05, 4.69) is 14.9 Å². The molecule has 0 radical (unpaired) electrons. The van der Waals surface area contributed by atoms with Crippen LogP contribution in [0.3, 0.4) is 0 Å². The largest absolute Gasteiger partial charge is 0.341 e. The molecule has 0 aliphatic carbocycles. The SMILES string of the molecule is CCN(CC)C(=O)c1cnc(N2CCCCCC2)nc1. The Kier molecular flexibility index (Phi) is 5.32. The second-order valence-corrected chi connectivity index (χ2v) is 5.15. The number of rotatable bonds is 4. The molecule has 0 bridgehead atoms. The van der Waals surface area contributed by atoms with E-state index >= 15 is 0 Å². The summed E-state index contributed by atoms with van der Waals surface area (Å²) in [7, 11) is 0. The molecule has 0 N–H and O–H groups in total. The van der Waals surface area contributed by atoms with Gasteiger partial charge in [0.15, 0.2) is 0 Å². The zero-order valence-corrected chi connectivity index (χ0v) is 12.5. The number of hydrogen-bond acceptors (Lipinski definition) is 4. The summed E-state index contributed by atoms with van der Waals surface area (Å²) in [4.78, 5) is 25.0. The van der Waals surface area contributed by atoms with Gasteiger partial charge in [-0.2, -0.15) is 0 Å². The molecule has 2 heterocycles. The zero-order chi connectivity index (χ0) is 14.4. The summed E-state index contributed by atoms with van der Waals surface area (Å²) in [5.74, 6) is 0.764. The molecular weight excluding hydrogens is 252 g/mol. The molecule has 110 valence electrons. The minimum Gasteiger partial charge on any atom is -0.341 e. The van der Waals surface area contributed by atoms with Gasteiger partial charge in [-0.05, 0) is 26.7 Å². The van der Waals surface area contributed by atoms with Gasteiger partial charge in [0.05, 0.1) is 5.56 Å². The maximum Gasteiger partial charge on any atom is 0.256 e. The average Bonchev–Trinajstić information content (AvgIpc) is 2.77. The third-order valence-electron chi connectivity index (χ3n) is 3.82. The number of carbonyl (C=O) groups is 1. The highest BCUT2D eigenvalue weighted by molar-refractivity contribution is 5.93. The Labute approximate surface area is 121 Å². The van der Waals surface area contributed by atoms with Gasteiger partial charge < -0.3 is 9.80 Å². The third kappa shape index (κ3) is 3.46. The fourth-order valence-corrected chi connectivity index (χ4v) is 2.56. The van der Waals surface area contributed by atoms with Crippen LogP contribution in [-0.2, 0) is 0 Å². The average molecular weight is 276 g/mol. The third-order valence-corrected chi connectivity index (χ3v) is 3.82. The zero-order valence-electron chi connectivity index (χ0n) is 12.5. The second-order valence-electron chi connectivity index (χ2n) is 5.15. The monoisotopic (exact) mass is 276 g/mol. The van der Waals surface area contributed by atoms with E-state index in [1.807, 2.05) is 13.8 Å². The van der Waals surface area contributed by atoms with Crippen LogP contribution >= 0.6 is 0 Å². The molecule has 1 aliphatic rings. The van der Waals surface area contributed by atoms with Gasteiger partial charge in [0.2, 0.25) is 5.95 Å². The van der Waals surface area contributed by atoms with E-state index in [4.69, 9.17) is 0 Å². The quantitative estimate of drug-likeness (QED) is 0.847. The van der Waals surface area contributed by atoms with E-state index in [9.17, 15) is 4.79 Å². The fraction of sp³-hybridized carbons (Fsp3) is 0.667. The smallest absolute Gasteiger partial charge is 0.256 e. The van der Waals surface area contributed by atoms with Crippen LogP contribution in [0.2, 0.25) is 0 Å². The van der Waals surface area contributed by atoms with Gasteiger partial charge in [-0.25, -0.2) is 9.97 Å². The number of amides is 1. The minimum absolute atomic E-state index is 0.0115. The van der Waals surface area contributed by atoms with Crippen molar-refractivity contribution in [2.75, 3.05) is 31.1 Å².